The van der Waals surface area contributed by atoms with Crippen molar-refractivity contribution in [3.05, 3.63) is 35.7 Å². The van der Waals surface area contributed by atoms with Crippen LogP contribution in [0.25, 0.3) is 10.8 Å². The van der Waals surface area contributed by atoms with E-state index in [2.05, 4.69) is 4.98 Å². The molecule has 0 saturated heterocycles. The number of benzene rings is 1. The molecule has 124 valence electrons. The van der Waals surface area contributed by atoms with Gasteiger partial charge in [-0.1, -0.05) is 6.07 Å². The summed E-state index contributed by atoms with van der Waals surface area (Å²) >= 11 is 0. The maximum Gasteiger partial charge on any atom is 0.129 e. The SMILES string of the molecule is Cc1cc2c(C(C)(C)O)ccc(OC3CC(S(C)=O)C3)c2cn1. The van der Waals surface area contributed by atoms with Crippen LogP contribution in [0.5, 0.6) is 5.75 Å². The lowest BCUT2D eigenvalue weighted by atomic mass is 9.92. The number of rotatable bonds is 4. The molecule has 5 heteroatoms. The van der Waals surface area contributed by atoms with Crippen molar-refractivity contribution in [3.8, 4) is 5.75 Å². The first kappa shape index (κ1) is 16.4. The molecule has 1 aromatic carbocycles. The van der Waals surface area contributed by atoms with Crippen LogP contribution in [0.1, 0.15) is 37.9 Å². The van der Waals surface area contributed by atoms with Crippen molar-refractivity contribution < 1.29 is 14.1 Å². The Labute approximate surface area is 139 Å². The minimum Gasteiger partial charge on any atom is -0.490 e. The molecule has 1 heterocycles. The van der Waals surface area contributed by atoms with Crippen LogP contribution in [0, 0.1) is 6.92 Å². The van der Waals surface area contributed by atoms with Crippen molar-refractivity contribution in [2.75, 3.05) is 6.26 Å². The first-order valence-corrected chi connectivity index (χ1v) is 9.49. The second kappa shape index (κ2) is 5.87. The molecule has 1 aliphatic carbocycles. The van der Waals surface area contributed by atoms with Crippen molar-refractivity contribution in [3.63, 3.8) is 0 Å². The molecule has 1 N–H and O–H groups in total. The number of aliphatic hydroxyl groups is 1. The molecule has 1 unspecified atom stereocenters. The summed E-state index contributed by atoms with van der Waals surface area (Å²) in [5.74, 6) is 0.783. The van der Waals surface area contributed by atoms with Crippen LogP contribution in [0.3, 0.4) is 0 Å². The van der Waals surface area contributed by atoms with E-state index in [0.29, 0.717) is 0 Å². The van der Waals surface area contributed by atoms with Gasteiger partial charge < -0.3 is 9.84 Å². The number of aromatic nitrogens is 1. The molecule has 1 aliphatic rings. The molecule has 0 bridgehead atoms. The molecule has 0 aliphatic heterocycles. The monoisotopic (exact) mass is 333 g/mol. The molecular weight excluding hydrogens is 310 g/mol. The van der Waals surface area contributed by atoms with Crippen molar-refractivity contribution in [2.24, 2.45) is 0 Å². The van der Waals surface area contributed by atoms with Gasteiger partial charge in [-0.2, -0.15) is 0 Å². The van der Waals surface area contributed by atoms with E-state index in [1.807, 2.05) is 31.3 Å². The minimum atomic E-state index is -0.925. The first-order chi connectivity index (χ1) is 10.8. The van der Waals surface area contributed by atoms with Crippen LogP contribution in [-0.2, 0) is 16.4 Å². The van der Waals surface area contributed by atoms with Gasteiger partial charge in [0, 0.05) is 39.6 Å². The Balaban J connectivity index is 1.95. The van der Waals surface area contributed by atoms with E-state index >= 15 is 0 Å². The topological polar surface area (TPSA) is 59.4 Å². The molecule has 0 amide bonds. The molecule has 3 rings (SSSR count). The zero-order valence-electron chi connectivity index (χ0n) is 14.0. The van der Waals surface area contributed by atoms with Gasteiger partial charge in [0.2, 0.25) is 0 Å². The van der Waals surface area contributed by atoms with Gasteiger partial charge in [-0.25, -0.2) is 0 Å². The molecule has 4 nitrogen and oxygen atoms in total. The van der Waals surface area contributed by atoms with Crippen molar-refractivity contribution >= 4 is 21.6 Å². The van der Waals surface area contributed by atoms with Gasteiger partial charge in [-0.15, -0.1) is 0 Å². The first-order valence-electron chi connectivity index (χ1n) is 7.87. The van der Waals surface area contributed by atoms with E-state index in [9.17, 15) is 9.32 Å². The third-order valence-corrected chi connectivity index (χ3v) is 5.80. The average Bonchev–Trinajstić information content (AvgIpc) is 2.39. The number of nitrogens with zero attached hydrogens (tertiary/aromatic N) is 1. The molecule has 1 atom stereocenters. The summed E-state index contributed by atoms with van der Waals surface area (Å²) in [6, 6.07) is 5.81. The summed E-state index contributed by atoms with van der Waals surface area (Å²) in [5.41, 5.74) is 0.849. The maximum atomic E-state index is 11.4. The van der Waals surface area contributed by atoms with Crippen LogP contribution in [0.2, 0.25) is 0 Å². The quantitative estimate of drug-likeness (QED) is 0.934. The van der Waals surface area contributed by atoms with Gasteiger partial charge in [-0.05, 0) is 56.7 Å². The third-order valence-electron chi connectivity index (χ3n) is 4.47. The molecule has 0 radical (unpaired) electrons. The van der Waals surface area contributed by atoms with Crippen LogP contribution in [0.15, 0.2) is 24.4 Å². The molecule has 0 spiro atoms. The summed E-state index contributed by atoms with van der Waals surface area (Å²) in [6.07, 6.45) is 5.33. The largest absolute Gasteiger partial charge is 0.490 e. The normalized spacial score (nSPS) is 22.7. The highest BCUT2D eigenvalue weighted by molar-refractivity contribution is 7.84. The molecule has 2 aromatic rings. The summed E-state index contributed by atoms with van der Waals surface area (Å²) in [5, 5.41) is 12.5. The van der Waals surface area contributed by atoms with Crippen LogP contribution in [-0.4, -0.2) is 31.9 Å². The van der Waals surface area contributed by atoms with Crippen molar-refractivity contribution in [2.45, 2.75) is 50.6 Å². The highest BCUT2D eigenvalue weighted by Gasteiger charge is 2.34. The molecular formula is C18H23NO3S. The Morgan fingerprint density at radius 3 is 2.61 bits per heavy atom. The lowest BCUT2D eigenvalue weighted by molar-refractivity contribution is 0.0800. The lowest BCUT2D eigenvalue weighted by Gasteiger charge is -2.34. The molecule has 23 heavy (non-hydrogen) atoms. The Morgan fingerprint density at radius 2 is 2.00 bits per heavy atom. The Bertz CT molecular complexity index is 761. The van der Waals surface area contributed by atoms with E-state index in [4.69, 9.17) is 4.74 Å². The van der Waals surface area contributed by atoms with E-state index in [1.165, 1.54) is 0 Å². The number of pyridine rings is 1. The standard InChI is InChI=1S/C18H23NO3S/c1-11-7-14-15(10-19-11)17(6-5-16(14)18(2,3)20)22-12-8-13(9-12)23(4)21/h5-7,10,12-13,20H,8-9H2,1-4H3. The van der Waals surface area contributed by atoms with Gasteiger partial charge >= 0.3 is 0 Å². The number of hydrogen-bond acceptors (Lipinski definition) is 4. The highest BCUT2D eigenvalue weighted by Crippen LogP contribution is 2.37. The van der Waals surface area contributed by atoms with Gasteiger partial charge in [0.15, 0.2) is 0 Å². The van der Waals surface area contributed by atoms with Gasteiger partial charge in [0.05, 0.1) is 5.60 Å². The second-order valence-electron chi connectivity index (χ2n) is 6.87. The summed E-state index contributed by atoms with van der Waals surface area (Å²) in [4.78, 5) is 4.38. The Morgan fingerprint density at radius 1 is 1.30 bits per heavy atom. The van der Waals surface area contributed by atoms with Crippen LogP contribution < -0.4 is 4.74 Å². The predicted octanol–water partition coefficient (Wildman–Crippen LogP) is 3.06. The fourth-order valence-electron chi connectivity index (χ4n) is 3.02. The maximum absolute atomic E-state index is 11.4. The number of aryl methyl sites for hydroxylation is 1. The Hall–Kier alpha value is -1.46. The second-order valence-corrected chi connectivity index (χ2v) is 8.54. The van der Waals surface area contributed by atoms with E-state index in [1.54, 1.807) is 20.1 Å². The predicted molar refractivity (Wildman–Crippen MR) is 93.2 cm³/mol. The highest BCUT2D eigenvalue weighted by atomic mass is 32.2. The summed E-state index contributed by atoms with van der Waals surface area (Å²) in [6.45, 7) is 5.50. The van der Waals surface area contributed by atoms with E-state index in [-0.39, 0.29) is 11.4 Å². The fourth-order valence-corrected chi connectivity index (χ4v) is 3.99. The van der Waals surface area contributed by atoms with E-state index in [0.717, 1.165) is 40.6 Å². The number of ether oxygens (including phenoxy) is 1. The third kappa shape index (κ3) is 3.26. The van der Waals surface area contributed by atoms with Crippen LogP contribution >= 0.6 is 0 Å². The zero-order valence-corrected chi connectivity index (χ0v) is 14.8. The fraction of sp³-hybridized carbons (Fsp3) is 0.500. The smallest absolute Gasteiger partial charge is 0.129 e. The summed E-state index contributed by atoms with van der Waals surface area (Å²) < 4.78 is 17.5. The van der Waals surface area contributed by atoms with Crippen LogP contribution in [0.4, 0.5) is 0 Å². The van der Waals surface area contributed by atoms with Gasteiger partial charge in [0.1, 0.15) is 11.9 Å². The van der Waals surface area contributed by atoms with Crippen molar-refractivity contribution in [1.29, 1.82) is 0 Å². The minimum absolute atomic E-state index is 0.112. The molecule has 1 aromatic heterocycles. The lowest BCUT2D eigenvalue weighted by Crippen LogP contribution is -2.40. The van der Waals surface area contributed by atoms with Gasteiger partial charge in [0.25, 0.3) is 0 Å². The number of fused-ring (bicyclic) bond motifs is 1. The van der Waals surface area contributed by atoms with E-state index < -0.39 is 16.4 Å². The van der Waals surface area contributed by atoms with Crippen molar-refractivity contribution in [1.82, 2.24) is 4.98 Å². The van der Waals surface area contributed by atoms with Gasteiger partial charge in [-0.3, -0.25) is 9.19 Å². The number of hydrogen-bond donors (Lipinski definition) is 1. The molecule has 1 saturated carbocycles. The summed E-state index contributed by atoms with van der Waals surface area (Å²) in [7, 11) is -0.773. The Kier molecular flexibility index (Phi) is 4.19. The molecule has 1 fully saturated rings. The zero-order chi connectivity index (χ0) is 16.8. The average molecular weight is 333 g/mol.